The number of Topliss-reactive ketones (excluding diaryl/α,β-unsaturated/α-hetero) is 1. The van der Waals surface area contributed by atoms with Gasteiger partial charge in [-0.25, -0.2) is 13.4 Å². The summed E-state index contributed by atoms with van der Waals surface area (Å²) in [6.07, 6.45) is 3.14. The summed E-state index contributed by atoms with van der Waals surface area (Å²) in [5, 5.41) is 2.55. The largest absolute Gasteiger partial charge is 0.297 e. The van der Waals surface area contributed by atoms with Crippen LogP contribution in [0.5, 0.6) is 0 Å². The highest BCUT2D eigenvalue weighted by atomic mass is 32.2. The van der Waals surface area contributed by atoms with Gasteiger partial charge in [-0.15, -0.1) is 11.3 Å². The van der Waals surface area contributed by atoms with Crippen LogP contribution in [0.4, 0.5) is 0 Å². The average molecular weight is 350 g/mol. The highest BCUT2D eigenvalue weighted by molar-refractivity contribution is 7.89. The Hall–Kier alpha value is -1.57. The van der Waals surface area contributed by atoms with Crippen molar-refractivity contribution in [2.45, 2.75) is 37.1 Å². The molecule has 2 heterocycles. The van der Waals surface area contributed by atoms with Crippen LogP contribution in [0.2, 0.25) is 0 Å². The van der Waals surface area contributed by atoms with Gasteiger partial charge in [0.25, 0.3) is 0 Å². The molecule has 1 aromatic heterocycles. The molecule has 1 unspecified atom stereocenters. The second-order valence-corrected chi connectivity index (χ2v) is 8.53. The predicted octanol–water partition coefficient (Wildman–Crippen LogP) is 2.42. The summed E-state index contributed by atoms with van der Waals surface area (Å²) in [6.45, 7) is 2.30. The predicted molar refractivity (Wildman–Crippen MR) is 88.9 cm³/mol. The lowest BCUT2D eigenvalue weighted by Gasteiger charge is -2.23. The van der Waals surface area contributed by atoms with Crippen molar-refractivity contribution in [3.8, 4) is 0 Å². The Bertz CT molecular complexity index is 783. The molecule has 122 valence electrons. The Morgan fingerprint density at radius 1 is 1.35 bits per heavy atom. The van der Waals surface area contributed by atoms with Crippen molar-refractivity contribution in [1.29, 1.82) is 0 Å². The highest BCUT2D eigenvalue weighted by Gasteiger charge is 2.39. The first-order chi connectivity index (χ1) is 11.0. The molecule has 0 spiro atoms. The van der Waals surface area contributed by atoms with E-state index in [4.69, 9.17) is 0 Å². The Morgan fingerprint density at radius 3 is 2.74 bits per heavy atom. The molecule has 0 radical (unpaired) electrons. The number of sulfonamides is 1. The van der Waals surface area contributed by atoms with Crippen LogP contribution in [-0.4, -0.2) is 36.1 Å². The molecule has 5 nitrogen and oxygen atoms in total. The Morgan fingerprint density at radius 2 is 2.09 bits per heavy atom. The minimum absolute atomic E-state index is 0.0758. The van der Waals surface area contributed by atoms with Crippen LogP contribution in [0.15, 0.2) is 40.7 Å². The molecule has 0 bridgehead atoms. The summed E-state index contributed by atoms with van der Waals surface area (Å²) < 4.78 is 27.0. The summed E-state index contributed by atoms with van der Waals surface area (Å²) in [7, 11) is -3.63. The SMILES string of the molecule is Cc1ccc(S(=O)(=O)N2CCCC2C(=O)Cc2nccs2)cc1. The molecule has 0 saturated carbocycles. The number of hydrogen-bond donors (Lipinski definition) is 0. The quantitative estimate of drug-likeness (QED) is 0.830. The van der Waals surface area contributed by atoms with E-state index in [-0.39, 0.29) is 17.1 Å². The van der Waals surface area contributed by atoms with Crippen LogP contribution in [0, 0.1) is 6.92 Å². The first-order valence-electron chi connectivity index (χ1n) is 7.48. The second-order valence-electron chi connectivity index (χ2n) is 5.66. The van der Waals surface area contributed by atoms with Gasteiger partial charge in [-0.3, -0.25) is 4.79 Å². The van der Waals surface area contributed by atoms with Crippen molar-refractivity contribution >= 4 is 27.1 Å². The minimum Gasteiger partial charge on any atom is -0.297 e. The smallest absolute Gasteiger partial charge is 0.243 e. The fraction of sp³-hybridized carbons (Fsp3) is 0.375. The monoisotopic (exact) mass is 350 g/mol. The van der Waals surface area contributed by atoms with Crippen LogP contribution >= 0.6 is 11.3 Å². The number of aromatic nitrogens is 1. The van der Waals surface area contributed by atoms with Crippen molar-refractivity contribution in [1.82, 2.24) is 9.29 Å². The number of ketones is 1. The average Bonchev–Trinajstić information content (AvgIpc) is 3.19. The number of nitrogens with zero attached hydrogens (tertiary/aromatic N) is 2. The molecule has 0 aliphatic carbocycles. The van der Waals surface area contributed by atoms with Crippen molar-refractivity contribution in [3.05, 3.63) is 46.4 Å². The zero-order chi connectivity index (χ0) is 16.4. The fourth-order valence-electron chi connectivity index (χ4n) is 2.80. The lowest BCUT2D eigenvalue weighted by molar-refractivity contribution is -0.121. The highest BCUT2D eigenvalue weighted by Crippen LogP contribution is 2.27. The van der Waals surface area contributed by atoms with E-state index >= 15 is 0 Å². The lowest BCUT2D eigenvalue weighted by atomic mass is 10.1. The lowest BCUT2D eigenvalue weighted by Crippen LogP contribution is -2.41. The second kappa shape index (κ2) is 6.51. The zero-order valence-corrected chi connectivity index (χ0v) is 14.4. The van der Waals surface area contributed by atoms with Gasteiger partial charge in [0.15, 0.2) is 5.78 Å². The zero-order valence-electron chi connectivity index (χ0n) is 12.8. The number of benzene rings is 1. The maximum absolute atomic E-state index is 12.8. The molecule has 23 heavy (non-hydrogen) atoms. The summed E-state index contributed by atoms with van der Waals surface area (Å²) in [5.74, 6) is -0.0758. The number of aryl methyl sites for hydroxylation is 1. The van der Waals surface area contributed by atoms with E-state index in [1.165, 1.54) is 15.6 Å². The summed E-state index contributed by atoms with van der Waals surface area (Å²) >= 11 is 1.42. The van der Waals surface area contributed by atoms with Gasteiger partial charge >= 0.3 is 0 Å². The van der Waals surface area contributed by atoms with Crippen molar-refractivity contribution in [2.75, 3.05) is 6.54 Å². The van der Waals surface area contributed by atoms with E-state index in [0.717, 1.165) is 10.6 Å². The molecule has 7 heteroatoms. The van der Waals surface area contributed by atoms with Gasteiger partial charge in [-0.2, -0.15) is 4.31 Å². The van der Waals surface area contributed by atoms with Crippen molar-refractivity contribution in [2.24, 2.45) is 0 Å². The van der Waals surface area contributed by atoms with E-state index in [2.05, 4.69) is 4.98 Å². The van der Waals surface area contributed by atoms with Crippen LogP contribution in [0.1, 0.15) is 23.4 Å². The number of hydrogen-bond acceptors (Lipinski definition) is 5. The molecule has 1 saturated heterocycles. The third-order valence-electron chi connectivity index (χ3n) is 4.01. The molecule has 2 aromatic rings. The molecule has 1 atom stereocenters. The first kappa shape index (κ1) is 16.3. The Balaban J connectivity index is 1.83. The third kappa shape index (κ3) is 3.36. The molecule has 1 aliphatic rings. The van der Waals surface area contributed by atoms with Crippen molar-refractivity contribution in [3.63, 3.8) is 0 Å². The standard InChI is InChI=1S/C16H18N2O3S2/c1-12-4-6-13(7-5-12)23(20,21)18-9-2-3-14(18)15(19)11-16-17-8-10-22-16/h4-8,10,14H,2-3,9,11H2,1H3. The van der Waals surface area contributed by atoms with E-state index < -0.39 is 16.1 Å². The molecule has 1 aliphatic heterocycles. The van der Waals surface area contributed by atoms with Gasteiger partial charge in [0.2, 0.25) is 10.0 Å². The maximum atomic E-state index is 12.8. The third-order valence-corrected chi connectivity index (χ3v) is 6.71. The molecule has 1 aromatic carbocycles. The number of carbonyl (C=O) groups is 1. The fourth-order valence-corrected chi connectivity index (χ4v) is 5.11. The Kier molecular flexibility index (Phi) is 4.61. The summed E-state index contributed by atoms with van der Waals surface area (Å²) in [5.41, 5.74) is 1.00. The molecular weight excluding hydrogens is 332 g/mol. The maximum Gasteiger partial charge on any atom is 0.243 e. The van der Waals surface area contributed by atoms with Gasteiger partial charge in [-0.1, -0.05) is 17.7 Å². The number of carbonyl (C=O) groups excluding carboxylic acids is 1. The van der Waals surface area contributed by atoms with Gasteiger partial charge in [0.05, 0.1) is 22.4 Å². The molecule has 0 N–H and O–H groups in total. The first-order valence-corrected chi connectivity index (χ1v) is 9.80. The van der Waals surface area contributed by atoms with E-state index in [1.54, 1.807) is 30.5 Å². The minimum atomic E-state index is -3.63. The van der Waals surface area contributed by atoms with E-state index in [9.17, 15) is 13.2 Å². The summed E-state index contributed by atoms with van der Waals surface area (Å²) in [4.78, 5) is 16.9. The number of thiazole rings is 1. The normalized spacial score (nSPS) is 19.1. The number of rotatable bonds is 5. The van der Waals surface area contributed by atoms with E-state index in [1.807, 2.05) is 12.3 Å². The topological polar surface area (TPSA) is 67.3 Å². The molecule has 0 amide bonds. The van der Waals surface area contributed by atoms with Gasteiger partial charge in [-0.05, 0) is 31.9 Å². The van der Waals surface area contributed by atoms with Gasteiger partial charge in [0.1, 0.15) is 0 Å². The Labute approximate surface area is 140 Å². The summed E-state index contributed by atoms with van der Waals surface area (Å²) in [6, 6.07) is 6.17. The molecule has 1 fully saturated rings. The molecular formula is C16H18N2O3S2. The van der Waals surface area contributed by atoms with E-state index in [0.29, 0.717) is 19.4 Å². The van der Waals surface area contributed by atoms with Gasteiger partial charge in [0, 0.05) is 18.1 Å². The molecule has 3 rings (SSSR count). The van der Waals surface area contributed by atoms with Crippen LogP contribution in [-0.2, 0) is 21.2 Å². The van der Waals surface area contributed by atoms with Crippen LogP contribution in [0.3, 0.4) is 0 Å². The van der Waals surface area contributed by atoms with Crippen LogP contribution in [0.25, 0.3) is 0 Å². The van der Waals surface area contributed by atoms with Gasteiger partial charge < -0.3 is 0 Å². The van der Waals surface area contributed by atoms with Crippen molar-refractivity contribution < 1.29 is 13.2 Å². The van der Waals surface area contributed by atoms with Crippen LogP contribution < -0.4 is 0 Å².